The summed E-state index contributed by atoms with van der Waals surface area (Å²) in [6, 6.07) is 8.89. The van der Waals surface area contributed by atoms with Crippen molar-refractivity contribution in [1.29, 1.82) is 0 Å². The summed E-state index contributed by atoms with van der Waals surface area (Å²) in [5.74, 6) is -0.238. The van der Waals surface area contributed by atoms with E-state index in [4.69, 9.17) is 4.74 Å². The zero-order chi connectivity index (χ0) is 15.2. The molecule has 1 aliphatic heterocycles. The van der Waals surface area contributed by atoms with E-state index in [0.717, 1.165) is 12.1 Å². The molecule has 1 aromatic rings. The Kier molecular flexibility index (Phi) is 5.33. The summed E-state index contributed by atoms with van der Waals surface area (Å²) in [6.07, 6.45) is 1.04. The first kappa shape index (κ1) is 15.5. The first-order chi connectivity index (χ1) is 10.1. The van der Waals surface area contributed by atoms with Crippen LogP contribution in [0.15, 0.2) is 30.3 Å². The lowest BCUT2D eigenvalue weighted by Gasteiger charge is -2.26. The molecule has 2 atom stereocenters. The van der Waals surface area contributed by atoms with Crippen LogP contribution in [-0.2, 0) is 14.3 Å². The van der Waals surface area contributed by atoms with Gasteiger partial charge in [-0.05, 0) is 38.8 Å². The third-order valence-corrected chi connectivity index (χ3v) is 3.64. The molecule has 5 nitrogen and oxygen atoms in total. The zero-order valence-electron chi connectivity index (χ0n) is 12.5. The minimum Gasteiger partial charge on any atom is -0.369 e. The summed E-state index contributed by atoms with van der Waals surface area (Å²) >= 11 is 0. The van der Waals surface area contributed by atoms with Gasteiger partial charge in [0, 0.05) is 18.8 Å². The number of hydrogen-bond donors (Lipinski definition) is 1. The number of rotatable bonds is 5. The van der Waals surface area contributed by atoms with E-state index in [9.17, 15) is 9.59 Å². The minimum atomic E-state index is -0.500. The predicted molar refractivity (Wildman–Crippen MR) is 80.9 cm³/mol. The van der Waals surface area contributed by atoms with E-state index in [1.54, 1.807) is 11.8 Å². The number of para-hydroxylation sites is 1. The van der Waals surface area contributed by atoms with E-state index < -0.39 is 12.1 Å². The second-order valence-electron chi connectivity index (χ2n) is 5.14. The van der Waals surface area contributed by atoms with Gasteiger partial charge < -0.3 is 15.0 Å². The molecule has 1 saturated heterocycles. The van der Waals surface area contributed by atoms with Gasteiger partial charge in [-0.3, -0.25) is 9.59 Å². The Morgan fingerprint density at radius 1 is 1.38 bits per heavy atom. The molecule has 2 unspecified atom stereocenters. The largest absolute Gasteiger partial charge is 0.369 e. The van der Waals surface area contributed by atoms with Crippen LogP contribution >= 0.6 is 0 Å². The molecular weight excluding hydrogens is 268 g/mol. The van der Waals surface area contributed by atoms with E-state index >= 15 is 0 Å². The quantitative estimate of drug-likeness (QED) is 0.903. The number of nitrogens with zero attached hydrogens (tertiary/aromatic N) is 1. The highest BCUT2D eigenvalue weighted by Crippen LogP contribution is 2.20. The van der Waals surface area contributed by atoms with Crippen molar-refractivity contribution in [1.82, 2.24) is 4.90 Å². The van der Waals surface area contributed by atoms with Crippen LogP contribution in [0.25, 0.3) is 0 Å². The summed E-state index contributed by atoms with van der Waals surface area (Å²) in [5, 5.41) is 2.87. The first-order valence-electron chi connectivity index (χ1n) is 7.41. The molecule has 1 N–H and O–H groups in total. The van der Waals surface area contributed by atoms with Crippen molar-refractivity contribution < 1.29 is 14.3 Å². The topological polar surface area (TPSA) is 58.6 Å². The summed E-state index contributed by atoms with van der Waals surface area (Å²) in [5.41, 5.74) is 0.750. The van der Waals surface area contributed by atoms with E-state index in [2.05, 4.69) is 5.32 Å². The Balaban J connectivity index is 2.01. The molecule has 0 radical (unpaired) electrons. The Hall–Kier alpha value is -1.88. The van der Waals surface area contributed by atoms with Gasteiger partial charge in [0.1, 0.15) is 12.1 Å². The summed E-state index contributed by atoms with van der Waals surface area (Å²) in [7, 11) is 0. The molecule has 0 aromatic heterocycles. The standard InChI is InChI=1S/C16H22N2O3/c1-3-21-12(2)16(20)18-11-7-10-14(18)15(19)17-13-8-5-4-6-9-13/h4-6,8-9,12,14H,3,7,10-11H2,1-2H3,(H,17,19). The van der Waals surface area contributed by atoms with Gasteiger partial charge in [0.15, 0.2) is 0 Å². The highest BCUT2D eigenvalue weighted by atomic mass is 16.5. The van der Waals surface area contributed by atoms with Gasteiger partial charge in [0.2, 0.25) is 5.91 Å². The average molecular weight is 290 g/mol. The Morgan fingerprint density at radius 2 is 2.10 bits per heavy atom. The fourth-order valence-electron chi connectivity index (χ4n) is 2.60. The smallest absolute Gasteiger partial charge is 0.252 e. The molecule has 2 amide bonds. The van der Waals surface area contributed by atoms with Crippen LogP contribution in [0.2, 0.25) is 0 Å². The van der Waals surface area contributed by atoms with E-state index in [0.29, 0.717) is 19.6 Å². The zero-order valence-corrected chi connectivity index (χ0v) is 12.5. The van der Waals surface area contributed by atoms with Crippen molar-refractivity contribution in [3.8, 4) is 0 Å². The van der Waals surface area contributed by atoms with Gasteiger partial charge in [-0.1, -0.05) is 18.2 Å². The molecule has 0 spiro atoms. The van der Waals surface area contributed by atoms with E-state index in [-0.39, 0.29) is 11.8 Å². The number of likely N-dealkylation sites (tertiary alicyclic amines) is 1. The minimum absolute atomic E-state index is 0.109. The SMILES string of the molecule is CCOC(C)C(=O)N1CCCC1C(=O)Nc1ccccc1. The monoisotopic (exact) mass is 290 g/mol. The second kappa shape index (κ2) is 7.22. The van der Waals surface area contributed by atoms with Crippen LogP contribution in [0.4, 0.5) is 5.69 Å². The van der Waals surface area contributed by atoms with E-state index in [1.165, 1.54) is 0 Å². The van der Waals surface area contributed by atoms with Gasteiger partial charge in [0.25, 0.3) is 5.91 Å². The molecule has 1 fully saturated rings. The summed E-state index contributed by atoms with van der Waals surface area (Å²) < 4.78 is 5.34. The van der Waals surface area contributed by atoms with Crippen molar-refractivity contribution in [2.45, 2.75) is 38.8 Å². The van der Waals surface area contributed by atoms with Crippen LogP contribution < -0.4 is 5.32 Å². The van der Waals surface area contributed by atoms with Gasteiger partial charge in [-0.15, -0.1) is 0 Å². The first-order valence-corrected chi connectivity index (χ1v) is 7.41. The van der Waals surface area contributed by atoms with Gasteiger partial charge >= 0.3 is 0 Å². The second-order valence-corrected chi connectivity index (χ2v) is 5.14. The van der Waals surface area contributed by atoms with Gasteiger partial charge in [-0.25, -0.2) is 0 Å². The lowest BCUT2D eigenvalue weighted by Crippen LogP contribution is -2.47. The number of amides is 2. The van der Waals surface area contributed by atoms with Crippen molar-refractivity contribution >= 4 is 17.5 Å². The number of carbonyl (C=O) groups is 2. The molecule has 1 heterocycles. The maximum Gasteiger partial charge on any atom is 0.252 e. The molecule has 114 valence electrons. The highest BCUT2D eigenvalue weighted by molar-refractivity contribution is 5.98. The van der Waals surface area contributed by atoms with Crippen molar-refractivity contribution in [3.63, 3.8) is 0 Å². The van der Waals surface area contributed by atoms with Crippen LogP contribution in [0.5, 0.6) is 0 Å². The number of nitrogens with one attached hydrogen (secondary N) is 1. The normalized spacial score (nSPS) is 19.3. The molecule has 1 aromatic carbocycles. The lowest BCUT2D eigenvalue weighted by atomic mass is 10.2. The maximum atomic E-state index is 12.4. The van der Waals surface area contributed by atoms with Crippen LogP contribution in [-0.4, -0.2) is 42.0 Å². The lowest BCUT2D eigenvalue weighted by molar-refractivity contribution is -0.145. The molecule has 2 rings (SSSR count). The van der Waals surface area contributed by atoms with Crippen LogP contribution in [0, 0.1) is 0 Å². The van der Waals surface area contributed by atoms with E-state index in [1.807, 2.05) is 37.3 Å². The van der Waals surface area contributed by atoms with Crippen LogP contribution in [0.1, 0.15) is 26.7 Å². The average Bonchev–Trinajstić information content (AvgIpc) is 2.97. The maximum absolute atomic E-state index is 12.4. The van der Waals surface area contributed by atoms with Crippen molar-refractivity contribution in [2.24, 2.45) is 0 Å². The summed E-state index contributed by atoms with van der Waals surface area (Å²) in [4.78, 5) is 26.3. The predicted octanol–water partition coefficient (Wildman–Crippen LogP) is 2.04. The summed E-state index contributed by atoms with van der Waals surface area (Å²) in [6.45, 7) is 4.69. The third kappa shape index (κ3) is 3.82. The molecule has 1 aliphatic rings. The number of benzene rings is 1. The van der Waals surface area contributed by atoms with Crippen molar-refractivity contribution in [2.75, 3.05) is 18.5 Å². The number of anilines is 1. The number of ether oxygens (including phenoxy) is 1. The van der Waals surface area contributed by atoms with Gasteiger partial charge in [-0.2, -0.15) is 0 Å². The fraction of sp³-hybridized carbons (Fsp3) is 0.500. The van der Waals surface area contributed by atoms with Crippen molar-refractivity contribution in [3.05, 3.63) is 30.3 Å². The number of carbonyl (C=O) groups excluding carboxylic acids is 2. The molecular formula is C16H22N2O3. The number of hydrogen-bond acceptors (Lipinski definition) is 3. The molecule has 0 aliphatic carbocycles. The third-order valence-electron chi connectivity index (χ3n) is 3.64. The molecule has 21 heavy (non-hydrogen) atoms. The Labute approximate surface area is 125 Å². The molecule has 0 saturated carbocycles. The Morgan fingerprint density at radius 3 is 2.76 bits per heavy atom. The fourth-order valence-corrected chi connectivity index (χ4v) is 2.60. The Bertz CT molecular complexity index is 490. The highest BCUT2D eigenvalue weighted by Gasteiger charge is 2.36. The molecule has 0 bridgehead atoms. The van der Waals surface area contributed by atoms with Crippen LogP contribution in [0.3, 0.4) is 0 Å². The van der Waals surface area contributed by atoms with Gasteiger partial charge in [0.05, 0.1) is 0 Å². The molecule has 5 heteroatoms.